The maximum Gasteiger partial charge on any atom is 0.344 e. The summed E-state index contributed by atoms with van der Waals surface area (Å²) >= 11 is 5.86. The van der Waals surface area contributed by atoms with Crippen molar-refractivity contribution in [2.45, 2.75) is 6.92 Å². The third-order valence-corrected chi connectivity index (χ3v) is 5.30. The number of ketones is 1. The molecule has 4 rings (SSSR count). The van der Waals surface area contributed by atoms with Crippen molar-refractivity contribution in [1.29, 1.82) is 0 Å². The van der Waals surface area contributed by atoms with Crippen molar-refractivity contribution >= 4 is 28.4 Å². The van der Waals surface area contributed by atoms with Crippen molar-refractivity contribution in [3.05, 3.63) is 93.3 Å². The van der Waals surface area contributed by atoms with Gasteiger partial charge in [-0.2, -0.15) is 0 Å². The number of ether oxygens (including phenoxy) is 2. The largest absolute Gasteiger partial charge is 0.497 e. The number of fused-ring (bicyclic) bond motifs is 1. The van der Waals surface area contributed by atoms with Crippen molar-refractivity contribution in [3.8, 4) is 22.6 Å². The monoisotopic (exact) mass is 434 g/mol. The molecule has 0 N–H and O–H groups in total. The first-order valence-corrected chi connectivity index (χ1v) is 9.97. The lowest BCUT2D eigenvalue weighted by atomic mass is 9.99. The highest BCUT2D eigenvalue weighted by molar-refractivity contribution is 6.30. The molecule has 0 bridgehead atoms. The number of carbonyl (C=O) groups excluding carboxylic acids is 1. The summed E-state index contributed by atoms with van der Waals surface area (Å²) in [6.07, 6.45) is 0. The molecule has 1 heterocycles. The minimum absolute atomic E-state index is 0.117. The van der Waals surface area contributed by atoms with Gasteiger partial charge in [-0.1, -0.05) is 23.7 Å². The Kier molecular flexibility index (Phi) is 5.78. The summed E-state index contributed by atoms with van der Waals surface area (Å²) in [5.41, 5.74) is 2.54. The first kappa shape index (κ1) is 20.7. The van der Waals surface area contributed by atoms with E-state index in [1.54, 1.807) is 61.7 Å². The highest BCUT2D eigenvalue weighted by Crippen LogP contribution is 2.30. The first-order valence-electron chi connectivity index (χ1n) is 9.59. The van der Waals surface area contributed by atoms with Crippen LogP contribution in [0.2, 0.25) is 5.02 Å². The van der Waals surface area contributed by atoms with Gasteiger partial charge in [-0.15, -0.1) is 0 Å². The van der Waals surface area contributed by atoms with Crippen molar-refractivity contribution in [3.63, 3.8) is 0 Å². The number of Topliss-reactive ketones (excluding diaryl/α,β-unsaturated/α-hetero) is 1. The Bertz CT molecular complexity index is 1310. The van der Waals surface area contributed by atoms with Crippen LogP contribution in [0.25, 0.3) is 22.1 Å². The van der Waals surface area contributed by atoms with E-state index in [-0.39, 0.29) is 12.4 Å². The van der Waals surface area contributed by atoms with Gasteiger partial charge in [0.2, 0.25) is 0 Å². The van der Waals surface area contributed by atoms with E-state index in [2.05, 4.69) is 0 Å². The molecule has 0 unspecified atom stereocenters. The van der Waals surface area contributed by atoms with Crippen LogP contribution in [0, 0.1) is 6.92 Å². The topological polar surface area (TPSA) is 65.7 Å². The second-order valence-corrected chi connectivity index (χ2v) is 7.43. The first-order chi connectivity index (χ1) is 15.0. The molecule has 0 saturated heterocycles. The second kappa shape index (κ2) is 8.66. The standard InChI is InChI=1S/C25H19ClO5/c1-15-21-13-20(30-14-22(27)16-3-7-18(26)8-4-16)11-12-23(21)31-25(28)24(15)17-5-9-19(29-2)10-6-17/h3-13H,14H2,1-2H3. The number of aryl methyl sites for hydroxylation is 1. The molecule has 156 valence electrons. The Morgan fingerprint density at radius 2 is 1.65 bits per heavy atom. The van der Waals surface area contributed by atoms with Crippen LogP contribution in [0.1, 0.15) is 15.9 Å². The predicted octanol–water partition coefficient (Wildman–Crippen LogP) is 5.69. The Labute approximate surface area is 183 Å². The van der Waals surface area contributed by atoms with Gasteiger partial charge in [0.05, 0.1) is 12.7 Å². The lowest BCUT2D eigenvalue weighted by Gasteiger charge is -2.11. The molecule has 4 aromatic rings. The molecule has 0 aliphatic carbocycles. The van der Waals surface area contributed by atoms with Gasteiger partial charge < -0.3 is 13.9 Å². The van der Waals surface area contributed by atoms with Gasteiger partial charge in [-0.05, 0) is 72.6 Å². The smallest absolute Gasteiger partial charge is 0.344 e. The van der Waals surface area contributed by atoms with E-state index in [1.165, 1.54) is 0 Å². The van der Waals surface area contributed by atoms with Gasteiger partial charge in [0.25, 0.3) is 0 Å². The van der Waals surface area contributed by atoms with E-state index in [0.717, 1.165) is 16.5 Å². The SMILES string of the molecule is COc1ccc(-c2c(C)c3cc(OCC(=O)c4ccc(Cl)cc4)ccc3oc2=O)cc1. The fourth-order valence-electron chi connectivity index (χ4n) is 3.38. The Morgan fingerprint density at radius 1 is 0.968 bits per heavy atom. The number of hydrogen-bond donors (Lipinski definition) is 0. The van der Waals surface area contributed by atoms with Crippen LogP contribution in [0.4, 0.5) is 0 Å². The van der Waals surface area contributed by atoms with Crippen molar-refractivity contribution in [1.82, 2.24) is 0 Å². The summed E-state index contributed by atoms with van der Waals surface area (Å²) in [7, 11) is 1.59. The third kappa shape index (κ3) is 4.32. The number of rotatable bonds is 6. The van der Waals surface area contributed by atoms with Crippen molar-refractivity contribution in [2.24, 2.45) is 0 Å². The quantitative estimate of drug-likeness (QED) is 0.288. The maximum atomic E-state index is 12.6. The number of benzene rings is 3. The summed E-state index contributed by atoms with van der Waals surface area (Å²) in [4.78, 5) is 25.0. The predicted molar refractivity (Wildman–Crippen MR) is 120 cm³/mol. The minimum Gasteiger partial charge on any atom is -0.497 e. The molecular formula is C25H19ClO5. The average molecular weight is 435 g/mol. The van der Waals surface area contributed by atoms with Crippen LogP contribution in [0.3, 0.4) is 0 Å². The van der Waals surface area contributed by atoms with Gasteiger partial charge >= 0.3 is 5.63 Å². The third-order valence-electron chi connectivity index (χ3n) is 5.05. The summed E-state index contributed by atoms with van der Waals surface area (Å²) in [6.45, 7) is 1.75. The summed E-state index contributed by atoms with van der Waals surface area (Å²) in [5.74, 6) is 1.05. The maximum absolute atomic E-state index is 12.6. The van der Waals surface area contributed by atoms with Crippen LogP contribution < -0.4 is 15.1 Å². The highest BCUT2D eigenvalue weighted by Gasteiger charge is 2.15. The van der Waals surface area contributed by atoms with Gasteiger partial charge in [0.1, 0.15) is 17.1 Å². The molecule has 0 aliphatic heterocycles. The summed E-state index contributed by atoms with van der Waals surface area (Å²) in [5, 5.41) is 1.30. The number of halogens is 1. The Balaban J connectivity index is 1.64. The Hall–Kier alpha value is -3.57. The fraction of sp³-hybridized carbons (Fsp3) is 0.120. The van der Waals surface area contributed by atoms with Crippen LogP contribution >= 0.6 is 11.6 Å². The van der Waals surface area contributed by atoms with Crippen LogP contribution in [-0.2, 0) is 0 Å². The van der Waals surface area contributed by atoms with E-state index >= 15 is 0 Å². The molecule has 6 heteroatoms. The van der Waals surface area contributed by atoms with E-state index in [4.69, 9.17) is 25.5 Å². The van der Waals surface area contributed by atoms with E-state index in [1.807, 2.05) is 19.1 Å². The summed E-state index contributed by atoms with van der Waals surface area (Å²) in [6, 6.07) is 19.0. The zero-order valence-corrected chi connectivity index (χ0v) is 17.7. The van der Waals surface area contributed by atoms with Crippen LogP contribution in [-0.4, -0.2) is 19.5 Å². The zero-order valence-electron chi connectivity index (χ0n) is 17.0. The molecule has 0 aliphatic rings. The normalized spacial score (nSPS) is 10.8. The number of carbonyl (C=O) groups is 1. The summed E-state index contributed by atoms with van der Waals surface area (Å²) < 4.78 is 16.4. The molecule has 31 heavy (non-hydrogen) atoms. The average Bonchev–Trinajstić information content (AvgIpc) is 2.78. The number of methoxy groups -OCH3 is 1. The minimum atomic E-state index is -0.415. The Morgan fingerprint density at radius 3 is 2.32 bits per heavy atom. The molecule has 0 spiro atoms. The molecule has 0 atom stereocenters. The van der Waals surface area contributed by atoms with Crippen LogP contribution in [0.15, 0.2) is 75.9 Å². The van der Waals surface area contributed by atoms with Gasteiger partial charge in [-0.3, -0.25) is 4.79 Å². The lowest BCUT2D eigenvalue weighted by Crippen LogP contribution is -2.11. The fourth-order valence-corrected chi connectivity index (χ4v) is 3.51. The molecule has 3 aromatic carbocycles. The lowest BCUT2D eigenvalue weighted by molar-refractivity contribution is 0.0921. The molecule has 0 radical (unpaired) electrons. The molecule has 0 saturated carbocycles. The van der Waals surface area contributed by atoms with Crippen molar-refractivity contribution < 1.29 is 18.7 Å². The zero-order chi connectivity index (χ0) is 22.0. The van der Waals surface area contributed by atoms with E-state index < -0.39 is 5.63 Å². The van der Waals surface area contributed by atoms with Gasteiger partial charge in [0, 0.05) is 16.0 Å². The second-order valence-electron chi connectivity index (χ2n) is 6.99. The van der Waals surface area contributed by atoms with Gasteiger partial charge in [-0.25, -0.2) is 4.79 Å². The van der Waals surface area contributed by atoms with E-state index in [9.17, 15) is 9.59 Å². The van der Waals surface area contributed by atoms with E-state index in [0.29, 0.717) is 33.2 Å². The molecule has 0 amide bonds. The molecule has 0 fully saturated rings. The van der Waals surface area contributed by atoms with Crippen LogP contribution in [0.5, 0.6) is 11.5 Å². The molecule has 5 nitrogen and oxygen atoms in total. The number of hydrogen-bond acceptors (Lipinski definition) is 5. The van der Waals surface area contributed by atoms with Crippen molar-refractivity contribution in [2.75, 3.05) is 13.7 Å². The molecule has 1 aromatic heterocycles. The highest BCUT2D eigenvalue weighted by atomic mass is 35.5. The molecular weight excluding hydrogens is 416 g/mol. The van der Waals surface area contributed by atoms with Gasteiger partial charge in [0.15, 0.2) is 12.4 Å².